The molecule has 0 heterocycles. The second-order valence-electron chi connectivity index (χ2n) is 5.73. The zero-order chi connectivity index (χ0) is 14.8. The molecule has 0 spiro atoms. The molecule has 0 aliphatic heterocycles. The van der Waals surface area contributed by atoms with Crippen molar-refractivity contribution in [2.24, 2.45) is 5.73 Å². The molecule has 0 amide bonds. The van der Waals surface area contributed by atoms with Crippen LogP contribution in [0.3, 0.4) is 0 Å². The van der Waals surface area contributed by atoms with Crippen LogP contribution in [0.2, 0.25) is 0 Å². The predicted molar refractivity (Wildman–Crippen MR) is 84.9 cm³/mol. The van der Waals surface area contributed by atoms with Gasteiger partial charge in [-0.2, -0.15) is 0 Å². The summed E-state index contributed by atoms with van der Waals surface area (Å²) in [4.78, 5) is 1.17. The van der Waals surface area contributed by atoms with Crippen LogP contribution in [-0.4, -0.2) is 19.5 Å². The van der Waals surface area contributed by atoms with Gasteiger partial charge in [-0.1, -0.05) is 26.7 Å². The Morgan fingerprint density at radius 1 is 1.10 bits per heavy atom. The molecular weight excluding hydrogens is 270 g/mol. The number of rotatable bonds is 5. The van der Waals surface area contributed by atoms with Gasteiger partial charge in [-0.15, -0.1) is 11.8 Å². The first-order chi connectivity index (χ1) is 9.50. The van der Waals surface area contributed by atoms with E-state index in [9.17, 15) is 0 Å². The maximum Gasteiger partial charge on any atom is 0.128 e. The lowest BCUT2D eigenvalue weighted by Crippen LogP contribution is -2.34. The van der Waals surface area contributed by atoms with E-state index in [0.717, 1.165) is 29.9 Å². The third-order valence-electron chi connectivity index (χ3n) is 3.84. The Bertz CT molecular complexity index is 443. The van der Waals surface area contributed by atoms with Gasteiger partial charge in [0.25, 0.3) is 0 Å². The molecule has 2 N–H and O–H groups in total. The Morgan fingerprint density at radius 2 is 1.60 bits per heavy atom. The van der Waals surface area contributed by atoms with Crippen LogP contribution < -0.4 is 15.2 Å². The Balaban J connectivity index is 2.49. The quantitative estimate of drug-likeness (QED) is 0.836. The van der Waals surface area contributed by atoms with Crippen LogP contribution in [0.4, 0.5) is 0 Å². The maximum atomic E-state index is 6.62. The zero-order valence-corrected chi connectivity index (χ0v) is 13.7. The smallest absolute Gasteiger partial charge is 0.128 e. The lowest BCUT2D eigenvalue weighted by molar-refractivity contribution is 0.346. The van der Waals surface area contributed by atoms with Crippen LogP contribution >= 0.6 is 11.8 Å². The van der Waals surface area contributed by atoms with Crippen molar-refractivity contribution in [1.82, 2.24) is 0 Å². The first-order valence-corrected chi connectivity index (χ1v) is 8.10. The first-order valence-electron chi connectivity index (χ1n) is 7.22. The van der Waals surface area contributed by atoms with Gasteiger partial charge in [-0.05, 0) is 25.0 Å². The fourth-order valence-electron chi connectivity index (χ4n) is 2.97. The fraction of sp³-hybridized carbons (Fsp3) is 0.625. The normalized spacial score (nSPS) is 17.5. The molecule has 2 rings (SSSR count). The minimum atomic E-state index is -0.308. The molecule has 0 atom stereocenters. The molecule has 0 bridgehead atoms. The molecular formula is C16H25NO2S. The van der Waals surface area contributed by atoms with E-state index in [0.29, 0.717) is 5.25 Å². The van der Waals surface area contributed by atoms with E-state index in [1.807, 2.05) is 0 Å². The van der Waals surface area contributed by atoms with E-state index in [1.165, 1.54) is 17.7 Å². The van der Waals surface area contributed by atoms with Crippen molar-refractivity contribution in [3.8, 4) is 11.5 Å². The molecule has 20 heavy (non-hydrogen) atoms. The third kappa shape index (κ3) is 3.07. The molecule has 1 aromatic carbocycles. The first kappa shape index (κ1) is 15.5. The van der Waals surface area contributed by atoms with Crippen LogP contribution in [0.25, 0.3) is 0 Å². The summed E-state index contributed by atoms with van der Waals surface area (Å²) in [6.45, 7) is 4.36. The second kappa shape index (κ2) is 6.27. The maximum absolute atomic E-state index is 6.62. The highest BCUT2D eigenvalue weighted by Gasteiger charge is 2.37. The lowest BCUT2D eigenvalue weighted by Gasteiger charge is -2.28. The van der Waals surface area contributed by atoms with Crippen molar-refractivity contribution in [2.75, 3.05) is 14.2 Å². The molecule has 0 radical (unpaired) electrons. The highest BCUT2D eigenvalue weighted by Crippen LogP contribution is 2.47. The molecule has 4 heteroatoms. The average molecular weight is 295 g/mol. The van der Waals surface area contributed by atoms with Crippen molar-refractivity contribution in [3.05, 3.63) is 17.7 Å². The van der Waals surface area contributed by atoms with E-state index in [1.54, 1.807) is 26.0 Å². The lowest BCUT2D eigenvalue weighted by atomic mass is 9.88. The number of thioether (sulfide) groups is 1. The Kier molecular flexibility index (Phi) is 4.86. The molecule has 0 unspecified atom stereocenters. The van der Waals surface area contributed by atoms with Crippen LogP contribution in [-0.2, 0) is 5.54 Å². The predicted octanol–water partition coefficient (Wildman–Crippen LogP) is 3.93. The molecule has 1 aromatic rings. The highest BCUT2D eigenvalue weighted by molar-refractivity contribution is 7.99. The van der Waals surface area contributed by atoms with Gasteiger partial charge in [0.1, 0.15) is 11.5 Å². The summed E-state index contributed by atoms with van der Waals surface area (Å²) in [5, 5.41) is 0.522. The molecule has 1 aliphatic rings. The third-order valence-corrected chi connectivity index (χ3v) is 4.82. The molecule has 112 valence electrons. The minimum Gasteiger partial charge on any atom is -0.496 e. The van der Waals surface area contributed by atoms with E-state index >= 15 is 0 Å². The Labute approximate surface area is 126 Å². The van der Waals surface area contributed by atoms with Crippen molar-refractivity contribution < 1.29 is 9.47 Å². The fourth-order valence-corrected chi connectivity index (χ4v) is 3.87. The summed E-state index contributed by atoms with van der Waals surface area (Å²) in [5.41, 5.74) is 7.35. The zero-order valence-electron chi connectivity index (χ0n) is 12.9. The van der Waals surface area contributed by atoms with Crippen LogP contribution in [0.1, 0.15) is 45.1 Å². The summed E-state index contributed by atoms with van der Waals surface area (Å²) >= 11 is 1.81. The monoisotopic (exact) mass is 295 g/mol. The second-order valence-corrected chi connectivity index (χ2v) is 7.38. The number of hydrogen-bond donors (Lipinski definition) is 1. The van der Waals surface area contributed by atoms with E-state index in [-0.39, 0.29) is 5.54 Å². The summed E-state index contributed by atoms with van der Waals surface area (Å²) in [6, 6.07) is 4.19. The van der Waals surface area contributed by atoms with Gasteiger partial charge in [0.2, 0.25) is 0 Å². The van der Waals surface area contributed by atoms with Crippen LogP contribution in [0, 0.1) is 0 Å². The highest BCUT2D eigenvalue weighted by atomic mass is 32.2. The largest absolute Gasteiger partial charge is 0.496 e. The SMILES string of the molecule is COc1cc(SC(C)C)cc(OC)c1C1(N)CCCC1. The van der Waals surface area contributed by atoms with Gasteiger partial charge in [-0.3, -0.25) is 0 Å². The van der Waals surface area contributed by atoms with Crippen molar-refractivity contribution in [2.45, 2.75) is 55.2 Å². The number of ether oxygens (including phenoxy) is 2. The van der Waals surface area contributed by atoms with Gasteiger partial charge in [0, 0.05) is 15.7 Å². The number of benzene rings is 1. The van der Waals surface area contributed by atoms with Crippen LogP contribution in [0.15, 0.2) is 17.0 Å². The van der Waals surface area contributed by atoms with Gasteiger partial charge >= 0.3 is 0 Å². The van der Waals surface area contributed by atoms with Crippen LogP contribution in [0.5, 0.6) is 11.5 Å². The number of hydrogen-bond acceptors (Lipinski definition) is 4. The minimum absolute atomic E-state index is 0.308. The van der Waals surface area contributed by atoms with E-state index < -0.39 is 0 Å². The molecule has 1 fully saturated rings. The van der Waals surface area contributed by atoms with Gasteiger partial charge in [0.15, 0.2) is 0 Å². The molecule has 0 saturated heterocycles. The Morgan fingerprint density at radius 3 is 2.00 bits per heavy atom. The van der Waals surface area contributed by atoms with Gasteiger partial charge in [-0.25, -0.2) is 0 Å². The van der Waals surface area contributed by atoms with E-state index in [2.05, 4.69) is 26.0 Å². The van der Waals surface area contributed by atoms with Crippen molar-refractivity contribution >= 4 is 11.8 Å². The number of nitrogens with two attached hydrogens (primary N) is 1. The summed E-state index contributed by atoms with van der Waals surface area (Å²) in [7, 11) is 3.42. The number of methoxy groups -OCH3 is 2. The van der Waals surface area contributed by atoms with Gasteiger partial charge in [0.05, 0.1) is 19.8 Å². The molecule has 1 saturated carbocycles. The summed E-state index contributed by atoms with van der Waals surface area (Å²) in [6.07, 6.45) is 4.34. The molecule has 0 aromatic heterocycles. The molecule has 3 nitrogen and oxygen atoms in total. The summed E-state index contributed by atoms with van der Waals surface area (Å²) < 4.78 is 11.2. The van der Waals surface area contributed by atoms with Gasteiger partial charge < -0.3 is 15.2 Å². The molecule has 1 aliphatic carbocycles. The van der Waals surface area contributed by atoms with Crippen molar-refractivity contribution in [3.63, 3.8) is 0 Å². The topological polar surface area (TPSA) is 44.5 Å². The van der Waals surface area contributed by atoms with E-state index in [4.69, 9.17) is 15.2 Å². The van der Waals surface area contributed by atoms with Crippen molar-refractivity contribution in [1.29, 1.82) is 0 Å². The average Bonchev–Trinajstić information content (AvgIpc) is 2.84. The Hall–Kier alpha value is -0.870. The summed E-state index contributed by atoms with van der Waals surface area (Å²) in [5.74, 6) is 1.72. The standard InChI is InChI=1S/C16H25NO2S/c1-11(2)20-12-9-13(18-3)15(14(10-12)19-4)16(17)7-5-6-8-16/h9-11H,5-8,17H2,1-4H3.